The second kappa shape index (κ2) is 5.59. The number of halogens is 1. The molecule has 0 aromatic heterocycles. The highest BCUT2D eigenvalue weighted by Crippen LogP contribution is 2.25. The van der Waals surface area contributed by atoms with Crippen molar-refractivity contribution >= 4 is 10.0 Å². The Bertz CT molecular complexity index is 607. The molecule has 1 aromatic rings. The van der Waals surface area contributed by atoms with Crippen LogP contribution in [0.4, 0.5) is 4.39 Å². The van der Waals surface area contributed by atoms with Crippen LogP contribution in [0, 0.1) is 18.2 Å². The van der Waals surface area contributed by atoms with Gasteiger partial charge >= 0.3 is 0 Å². The predicted molar refractivity (Wildman–Crippen MR) is 70.8 cm³/mol. The quantitative estimate of drug-likeness (QED) is 0.841. The van der Waals surface area contributed by atoms with E-state index in [1.54, 1.807) is 13.8 Å². The molecule has 0 aliphatic rings. The molecule has 104 valence electrons. The first kappa shape index (κ1) is 15.5. The van der Waals surface area contributed by atoms with E-state index in [4.69, 9.17) is 11.2 Å². The van der Waals surface area contributed by atoms with Gasteiger partial charge in [-0.1, -0.05) is 12.8 Å². The number of nitrogens with one attached hydrogen (secondary N) is 1. The fraction of sp³-hybridized carbons (Fsp3) is 0.385. The largest absolute Gasteiger partial charge is 0.495 e. The van der Waals surface area contributed by atoms with Gasteiger partial charge in [0.05, 0.1) is 12.6 Å². The Labute approximate surface area is 113 Å². The first-order chi connectivity index (χ1) is 8.78. The lowest BCUT2D eigenvalue weighted by Crippen LogP contribution is -2.44. The zero-order valence-electron chi connectivity index (χ0n) is 11.0. The molecule has 6 heteroatoms. The predicted octanol–water partition coefficient (Wildman–Crippen LogP) is 1.91. The first-order valence-electron chi connectivity index (χ1n) is 5.63. The highest BCUT2D eigenvalue weighted by molar-refractivity contribution is 7.89. The van der Waals surface area contributed by atoms with Crippen molar-refractivity contribution in [2.45, 2.75) is 30.7 Å². The van der Waals surface area contributed by atoms with Gasteiger partial charge in [-0.25, -0.2) is 12.8 Å². The lowest BCUT2D eigenvalue weighted by Gasteiger charge is -2.23. The van der Waals surface area contributed by atoms with Gasteiger partial charge in [-0.05, 0) is 31.5 Å². The van der Waals surface area contributed by atoms with Crippen LogP contribution in [0.3, 0.4) is 0 Å². The van der Waals surface area contributed by atoms with Gasteiger partial charge in [-0.3, -0.25) is 0 Å². The Morgan fingerprint density at radius 2 is 2.16 bits per heavy atom. The first-order valence-corrected chi connectivity index (χ1v) is 7.11. The van der Waals surface area contributed by atoms with Crippen LogP contribution in [0.25, 0.3) is 0 Å². The number of terminal acetylenes is 1. The van der Waals surface area contributed by atoms with Crippen LogP contribution in [0.1, 0.15) is 20.3 Å². The summed E-state index contributed by atoms with van der Waals surface area (Å²) in [6, 6.07) is 3.27. The maximum atomic E-state index is 13.2. The number of sulfonamides is 1. The molecule has 0 unspecified atom stereocenters. The van der Waals surface area contributed by atoms with Gasteiger partial charge in [0, 0.05) is 0 Å². The van der Waals surface area contributed by atoms with Crippen molar-refractivity contribution in [2.24, 2.45) is 0 Å². The van der Waals surface area contributed by atoms with Crippen molar-refractivity contribution in [1.82, 2.24) is 4.72 Å². The molecule has 0 spiro atoms. The molecule has 19 heavy (non-hydrogen) atoms. The zero-order chi connectivity index (χ0) is 14.7. The van der Waals surface area contributed by atoms with Gasteiger partial charge in [0.2, 0.25) is 10.0 Å². The highest BCUT2D eigenvalue weighted by atomic mass is 32.2. The van der Waals surface area contributed by atoms with Crippen LogP contribution in [-0.4, -0.2) is 21.1 Å². The minimum Gasteiger partial charge on any atom is -0.495 e. The Kier molecular flexibility index (Phi) is 4.56. The third-order valence-electron chi connectivity index (χ3n) is 2.80. The van der Waals surface area contributed by atoms with Crippen LogP contribution in [0.5, 0.6) is 5.75 Å². The van der Waals surface area contributed by atoms with Crippen molar-refractivity contribution in [3.8, 4) is 18.1 Å². The molecule has 0 amide bonds. The molecule has 1 rings (SSSR count). The molecule has 1 atom stereocenters. The van der Waals surface area contributed by atoms with Gasteiger partial charge in [-0.2, -0.15) is 4.72 Å². The summed E-state index contributed by atoms with van der Waals surface area (Å²) in [5.41, 5.74) is -1.03. The summed E-state index contributed by atoms with van der Waals surface area (Å²) in [5, 5.41) is 0. The number of benzene rings is 1. The smallest absolute Gasteiger partial charge is 0.245 e. The van der Waals surface area contributed by atoms with Gasteiger partial charge < -0.3 is 4.74 Å². The number of hydrogen-bond donors (Lipinski definition) is 1. The van der Waals surface area contributed by atoms with E-state index >= 15 is 0 Å². The molecule has 0 aliphatic heterocycles. The van der Waals surface area contributed by atoms with Gasteiger partial charge in [0.15, 0.2) is 0 Å². The average Bonchev–Trinajstić information content (AvgIpc) is 2.38. The van der Waals surface area contributed by atoms with Crippen LogP contribution >= 0.6 is 0 Å². The van der Waals surface area contributed by atoms with Crippen molar-refractivity contribution in [2.75, 3.05) is 7.11 Å². The standard InChI is InChI=1S/C13H16FNO3S/c1-5-13(3,6-2)15-19(16,17)12-9-10(14)7-8-11(12)18-4/h1,7-9,15H,6H2,2-4H3/t13-/m1/s1. The van der Waals surface area contributed by atoms with E-state index < -0.39 is 21.4 Å². The number of ether oxygens (including phenoxy) is 1. The van der Waals surface area contributed by atoms with Crippen molar-refractivity contribution in [1.29, 1.82) is 0 Å². The molecule has 0 bridgehead atoms. The molecule has 0 heterocycles. The van der Waals surface area contributed by atoms with E-state index in [2.05, 4.69) is 10.6 Å². The van der Waals surface area contributed by atoms with Crippen LogP contribution < -0.4 is 9.46 Å². The van der Waals surface area contributed by atoms with E-state index in [1.165, 1.54) is 13.2 Å². The van der Waals surface area contributed by atoms with E-state index in [0.717, 1.165) is 12.1 Å². The van der Waals surface area contributed by atoms with Crippen LogP contribution in [0.15, 0.2) is 23.1 Å². The summed E-state index contributed by atoms with van der Waals surface area (Å²) in [6.45, 7) is 3.33. The Balaban J connectivity index is 3.29. The molecule has 0 radical (unpaired) electrons. The molecule has 0 aliphatic carbocycles. The van der Waals surface area contributed by atoms with Crippen LogP contribution in [-0.2, 0) is 10.0 Å². The highest BCUT2D eigenvalue weighted by Gasteiger charge is 2.29. The monoisotopic (exact) mass is 285 g/mol. The number of hydrogen-bond acceptors (Lipinski definition) is 3. The second-order valence-electron chi connectivity index (χ2n) is 4.23. The lowest BCUT2D eigenvalue weighted by atomic mass is 10.0. The van der Waals surface area contributed by atoms with Gasteiger partial charge in [0.25, 0.3) is 0 Å². The second-order valence-corrected chi connectivity index (χ2v) is 5.88. The fourth-order valence-corrected chi connectivity index (χ4v) is 3.01. The maximum Gasteiger partial charge on any atom is 0.245 e. The summed E-state index contributed by atoms with van der Waals surface area (Å²) in [6.07, 6.45) is 5.72. The minimum absolute atomic E-state index is 0.0596. The molecule has 0 saturated carbocycles. The molecule has 0 saturated heterocycles. The summed E-state index contributed by atoms with van der Waals surface area (Å²) in [4.78, 5) is -0.273. The normalized spacial score (nSPS) is 14.5. The molecular formula is C13H16FNO3S. The Morgan fingerprint density at radius 3 is 2.63 bits per heavy atom. The summed E-state index contributed by atoms with van der Waals surface area (Å²) >= 11 is 0. The van der Waals surface area contributed by atoms with Gasteiger partial charge in [-0.15, -0.1) is 6.42 Å². The van der Waals surface area contributed by atoms with Crippen molar-refractivity contribution in [3.63, 3.8) is 0 Å². The van der Waals surface area contributed by atoms with E-state index in [1.807, 2.05) is 0 Å². The summed E-state index contributed by atoms with van der Waals surface area (Å²) in [5.74, 6) is 1.77. The SMILES string of the molecule is C#C[C@](C)(CC)NS(=O)(=O)c1cc(F)ccc1OC. The third kappa shape index (κ3) is 3.46. The Morgan fingerprint density at radius 1 is 1.53 bits per heavy atom. The van der Waals surface area contributed by atoms with E-state index in [9.17, 15) is 12.8 Å². The van der Waals surface area contributed by atoms with Crippen molar-refractivity contribution < 1.29 is 17.5 Å². The van der Waals surface area contributed by atoms with Crippen LogP contribution in [0.2, 0.25) is 0 Å². The Hall–Kier alpha value is -1.58. The summed E-state index contributed by atoms with van der Waals surface area (Å²) < 4.78 is 45.0. The molecule has 4 nitrogen and oxygen atoms in total. The minimum atomic E-state index is -3.96. The molecule has 1 aromatic carbocycles. The molecular weight excluding hydrogens is 269 g/mol. The topological polar surface area (TPSA) is 55.4 Å². The number of rotatable bonds is 5. The average molecular weight is 285 g/mol. The summed E-state index contributed by atoms with van der Waals surface area (Å²) in [7, 11) is -2.65. The van der Waals surface area contributed by atoms with E-state index in [-0.39, 0.29) is 10.6 Å². The maximum absolute atomic E-state index is 13.2. The van der Waals surface area contributed by atoms with Crippen molar-refractivity contribution in [3.05, 3.63) is 24.0 Å². The zero-order valence-corrected chi connectivity index (χ0v) is 11.8. The van der Waals surface area contributed by atoms with Gasteiger partial charge in [0.1, 0.15) is 16.5 Å². The number of methoxy groups -OCH3 is 1. The third-order valence-corrected chi connectivity index (χ3v) is 4.42. The fourth-order valence-electron chi connectivity index (χ4n) is 1.42. The molecule has 0 fully saturated rings. The lowest BCUT2D eigenvalue weighted by molar-refractivity contribution is 0.399. The molecule has 1 N–H and O–H groups in total. The van der Waals surface area contributed by atoms with E-state index in [0.29, 0.717) is 6.42 Å².